The van der Waals surface area contributed by atoms with Gasteiger partial charge in [0, 0.05) is 11.4 Å². The number of benzene rings is 1. The van der Waals surface area contributed by atoms with Crippen LogP contribution in [0.5, 0.6) is 0 Å². The maximum atomic E-state index is 13.5. The third kappa shape index (κ3) is 2.91. The van der Waals surface area contributed by atoms with E-state index >= 15 is 0 Å². The second-order valence-electron chi connectivity index (χ2n) is 3.34. The highest BCUT2D eigenvalue weighted by Crippen LogP contribution is 2.20. The average molecular weight is 232 g/mol. The highest BCUT2D eigenvalue weighted by Gasteiger charge is 2.16. The lowest BCUT2D eigenvalue weighted by Crippen LogP contribution is -2.32. The van der Waals surface area contributed by atoms with E-state index in [9.17, 15) is 9.18 Å². The van der Waals surface area contributed by atoms with Crippen molar-refractivity contribution in [3.05, 3.63) is 34.1 Å². The Morgan fingerprint density at radius 1 is 1.67 bits per heavy atom. The summed E-state index contributed by atoms with van der Waals surface area (Å²) in [5, 5.41) is 8.97. The second-order valence-corrected chi connectivity index (χ2v) is 3.78. The Labute approximate surface area is 91.7 Å². The van der Waals surface area contributed by atoms with Crippen molar-refractivity contribution in [3.8, 4) is 0 Å². The number of hydrogen-bond acceptors (Lipinski definition) is 2. The topological polar surface area (TPSA) is 63.3 Å². The van der Waals surface area contributed by atoms with Crippen LogP contribution in [0.4, 0.5) is 4.39 Å². The molecule has 0 heterocycles. The standard InChI is InChI=1S/C10H11ClFNO2/c1-5-2-7(11)3-6(9(5)12)4-8(13)10(14)15/h2-3,8H,4,13H2,1H3,(H,14,15). The molecular formula is C10H11ClFNO2. The van der Waals surface area contributed by atoms with E-state index in [0.29, 0.717) is 10.6 Å². The lowest BCUT2D eigenvalue weighted by atomic mass is 10.0. The third-order valence-corrected chi connectivity index (χ3v) is 2.27. The van der Waals surface area contributed by atoms with Crippen LogP contribution in [0.2, 0.25) is 5.02 Å². The van der Waals surface area contributed by atoms with E-state index in [1.54, 1.807) is 6.92 Å². The van der Waals surface area contributed by atoms with Gasteiger partial charge in [-0.2, -0.15) is 0 Å². The molecule has 15 heavy (non-hydrogen) atoms. The van der Waals surface area contributed by atoms with Crippen LogP contribution in [-0.2, 0) is 11.2 Å². The number of aryl methyl sites for hydroxylation is 1. The van der Waals surface area contributed by atoms with Gasteiger partial charge in [0.15, 0.2) is 0 Å². The summed E-state index contributed by atoms with van der Waals surface area (Å²) in [4.78, 5) is 10.5. The van der Waals surface area contributed by atoms with Crippen LogP contribution in [0.1, 0.15) is 11.1 Å². The zero-order valence-corrected chi connectivity index (χ0v) is 8.88. The molecule has 3 N–H and O–H groups in total. The molecule has 1 rings (SSSR count). The first-order chi connectivity index (χ1) is 6.91. The lowest BCUT2D eigenvalue weighted by molar-refractivity contribution is -0.138. The Morgan fingerprint density at radius 3 is 2.80 bits per heavy atom. The lowest BCUT2D eigenvalue weighted by Gasteiger charge is -2.09. The van der Waals surface area contributed by atoms with Crippen molar-refractivity contribution in [3.63, 3.8) is 0 Å². The molecule has 0 bridgehead atoms. The number of hydrogen-bond donors (Lipinski definition) is 2. The molecule has 0 aliphatic rings. The number of carbonyl (C=O) groups is 1. The van der Waals surface area contributed by atoms with Gasteiger partial charge in [-0.05, 0) is 30.2 Å². The van der Waals surface area contributed by atoms with Gasteiger partial charge in [0.05, 0.1) is 0 Å². The van der Waals surface area contributed by atoms with Crippen molar-refractivity contribution < 1.29 is 14.3 Å². The van der Waals surface area contributed by atoms with Gasteiger partial charge in [-0.3, -0.25) is 4.79 Å². The van der Waals surface area contributed by atoms with E-state index in [4.69, 9.17) is 22.4 Å². The first-order valence-electron chi connectivity index (χ1n) is 4.34. The van der Waals surface area contributed by atoms with Crippen molar-refractivity contribution in [2.75, 3.05) is 0 Å². The molecule has 1 aromatic rings. The summed E-state index contributed by atoms with van der Waals surface area (Å²) in [6.45, 7) is 1.57. The molecule has 0 aliphatic carbocycles. The van der Waals surface area contributed by atoms with Crippen LogP contribution in [0.15, 0.2) is 12.1 Å². The number of carboxylic acids is 1. The van der Waals surface area contributed by atoms with Crippen molar-refractivity contribution >= 4 is 17.6 Å². The molecule has 0 radical (unpaired) electrons. The fraction of sp³-hybridized carbons (Fsp3) is 0.300. The Bertz CT molecular complexity index is 395. The zero-order chi connectivity index (χ0) is 11.6. The van der Waals surface area contributed by atoms with Crippen molar-refractivity contribution in [2.24, 2.45) is 5.73 Å². The quantitative estimate of drug-likeness (QED) is 0.833. The average Bonchev–Trinajstić information content (AvgIpc) is 2.13. The second kappa shape index (κ2) is 4.59. The van der Waals surface area contributed by atoms with Gasteiger partial charge >= 0.3 is 5.97 Å². The summed E-state index contributed by atoms with van der Waals surface area (Å²) >= 11 is 5.73. The van der Waals surface area contributed by atoms with Crippen LogP contribution in [0, 0.1) is 12.7 Å². The van der Waals surface area contributed by atoms with E-state index in [2.05, 4.69) is 0 Å². The molecule has 1 unspecified atom stereocenters. The van der Waals surface area contributed by atoms with Crippen LogP contribution < -0.4 is 5.73 Å². The highest BCUT2D eigenvalue weighted by atomic mass is 35.5. The zero-order valence-electron chi connectivity index (χ0n) is 8.13. The number of halogens is 2. The van der Waals surface area contributed by atoms with Crippen molar-refractivity contribution in [1.82, 2.24) is 0 Å². The molecule has 0 saturated heterocycles. The van der Waals surface area contributed by atoms with Gasteiger partial charge < -0.3 is 10.8 Å². The fourth-order valence-electron chi connectivity index (χ4n) is 1.27. The van der Waals surface area contributed by atoms with Crippen LogP contribution >= 0.6 is 11.6 Å². The molecule has 0 spiro atoms. The number of rotatable bonds is 3. The Hall–Kier alpha value is -1.13. The van der Waals surface area contributed by atoms with Crippen LogP contribution in [-0.4, -0.2) is 17.1 Å². The molecule has 82 valence electrons. The summed E-state index contributed by atoms with van der Waals surface area (Å²) in [7, 11) is 0. The summed E-state index contributed by atoms with van der Waals surface area (Å²) in [5.74, 6) is -1.61. The summed E-state index contributed by atoms with van der Waals surface area (Å²) in [6.07, 6.45) is -0.0669. The summed E-state index contributed by atoms with van der Waals surface area (Å²) in [6, 6.07) is 1.76. The predicted molar refractivity (Wildman–Crippen MR) is 55.5 cm³/mol. The molecule has 1 aromatic carbocycles. The predicted octanol–water partition coefficient (Wildman–Crippen LogP) is 1.74. The monoisotopic (exact) mass is 231 g/mol. The van der Waals surface area contributed by atoms with Crippen LogP contribution in [0.25, 0.3) is 0 Å². The molecule has 0 fully saturated rings. The van der Waals surface area contributed by atoms with Crippen molar-refractivity contribution in [2.45, 2.75) is 19.4 Å². The molecular weight excluding hydrogens is 221 g/mol. The summed E-state index contributed by atoms with van der Waals surface area (Å²) in [5.41, 5.74) is 5.92. The molecule has 1 atom stereocenters. The first-order valence-corrected chi connectivity index (χ1v) is 4.72. The van der Waals surface area contributed by atoms with Gasteiger partial charge in [0.25, 0.3) is 0 Å². The SMILES string of the molecule is Cc1cc(Cl)cc(CC(N)C(=O)O)c1F. The maximum absolute atomic E-state index is 13.5. The van der Waals surface area contributed by atoms with E-state index in [1.807, 2.05) is 0 Å². The number of nitrogens with two attached hydrogens (primary N) is 1. The third-order valence-electron chi connectivity index (χ3n) is 2.05. The van der Waals surface area contributed by atoms with Gasteiger partial charge in [0.2, 0.25) is 0 Å². The van der Waals surface area contributed by atoms with Crippen molar-refractivity contribution in [1.29, 1.82) is 0 Å². The highest BCUT2D eigenvalue weighted by molar-refractivity contribution is 6.30. The Balaban J connectivity index is 2.99. The fourth-order valence-corrected chi connectivity index (χ4v) is 1.56. The minimum atomic E-state index is -1.16. The number of carboxylic acid groups (broad SMARTS) is 1. The Kier molecular flexibility index (Phi) is 3.66. The number of aliphatic carboxylic acids is 1. The first kappa shape index (κ1) is 11.9. The smallest absolute Gasteiger partial charge is 0.320 e. The minimum absolute atomic E-state index is 0.0669. The minimum Gasteiger partial charge on any atom is -0.480 e. The normalized spacial score (nSPS) is 12.5. The molecule has 0 aliphatic heterocycles. The van der Waals surface area contributed by atoms with Gasteiger partial charge in [-0.25, -0.2) is 4.39 Å². The van der Waals surface area contributed by atoms with Crippen LogP contribution in [0.3, 0.4) is 0 Å². The molecule has 0 saturated carbocycles. The van der Waals surface area contributed by atoms with Gasteiger partial charge in [-0.1, -0.05) is 11.6 Å². The maximum Gasteiger partial charge on any atom is 0.320 e. The largest absolute Gasteiger partial charge is 0.480 e. The molecule has 3 nitrogen and oxygen atoms in total. The Morgan fingerprint density at radius 2 is 2.27 bits per heavy atom. The molecule has 5 heteroatoms. The van der Waals surface area contributed by atoms with E-state index in [0.717, 1.165) is 0 Å². The van der Waals surface area contributed by atoms with Gasteiger partial charge in [-0.15, -0.1) is 0 Å². The van der Waals surface area contributed by atoms with Gasteiger partial charge in [0.1, 0.15) is 11.9 Å². The van der Waals surface area contributed by atoms with E-state index in [-0.39, 0.29) is 12.0 Å². The van der Waals surface area contributed by atoms with E-state index < -0.39 is 17.8 Å². The van der Waals surface area contributed by atoms with E-state index in [1.165, 1.54) is 12.1 Å². The summed E-state index contributed by atoms with van der Waals surface area (Å²) < 4.78 is 13.5. The molecule has 0 aromatic heterocycles. The molecule has 0 amide bonds.